The van der Waals surface area contributed by atoms with Gasteiger partial charge < -0.3 is 10.1 Å². The molecule has 3 heteroatoms. The maximum absolute atomic E-state index is 5.38. The summed E-state index contributed by atoms with van der Waals surface area (Å²) in [4.78, 5) is 4.38. The molecule has 3 nitrogen and oxygen atoms in total. The first kappa shape index (κ1) is 15.5. The third kappa shape index (κ3) is 3.82. The van der Waals surface area contributed by atoms with Crippen LogP contribution in [-0.4, -0.2) is 18.6 Å². The second-order valence-electron chi connectivity index (χ2n) is 5.40. The molecule has 21 heavy (non-hydrogen) atoms. The van der Waals surface area contributed by atoms with Gasteiger partial charge in [-0.1, -0.05) is 6.92 Å². The van der Waals surface area contributed by atoms with Crippen LogP contribution in [0.15, 0.2) is 30.6 Å². The highest BCUT2D eigenvalue weighted by Crippen LogP contribution is 2.30. The van der Waals surface area contributed by atoms with Crippen LogP contribution in [-0.2, 0) is 6.54 Å². The molecule has 0 unspecified atom stereocenters. The van der Waals surface area contributed by atoms with Gasteiger partial charge in [0, 0.05) is 24.5 Å². The number of aryl methyl sites for hydroxylation is 2. The van der Waals surface area contributed by atoms with Crippen LogP contribution in [0.5, 0.6) is 5.75 Å². The van der Waals surface area contributed by atoms with E-state index in [1.807, 2.05) is 12.4 Å². The van der Waals surface area contributed by atoms with Crippen LogP contribution in [0.2, 0.25) is 0 Å². The van der Waals surface area contributed by atoms with Gasteiger partial charge >= 0.3 is 0 Å². The normalized spacial score (nSPS) is 10.7. The molecular formula is C18H24N2O. The highest BCUT2D eigenvalue weighted by Gasteiger charge is 2.08. The van der Waals surface area contributed by atoms with Crippen LogP contribution in [0.25, 0.3) is 11.1 Å². The molecule has 1 N–H and O–H groups in total. The number of ether oxygens (including phenoxy) is 1. The van der Waals surface area contributed by atoms with Gasteiger partial charge in [0.1, 0.15) is 5.75 Å². The van der Waals surface area contributed by atoms with Gasteiger partial charge in [0.15, 0.2) is 0 Å². The van der Waals surface area contributed by atoms with E-state index in [9.17, 15) is 0 Å². The van der Waals surface area contributed by atoms with E-state index in [1.165, 1.54) is 16.7 Å². The maximum Gasteiger partial charge on any atom is 0.122 e. The summed E-state index contributed by atoms with van der Waals surface area (Å²) in [5, 5.41) is 3.41. The molecule has 0 aliphatic rings. The lowest BCUT2D eigenvalue weighted by atomic mass is 9.98. The summed E-state index contributed by atoms with van der Waals surface area (Å²) in [6.07, 6.45) is 5.00. The van der Waals surface area contributed by atoms with E-state index in [0.29, 0.717) is 0 Å². The number of benzene rings is 1. The Hall–Kier alpha value is -1.87. The quantitative estimate of drug-likeness (QED) is 0.818. The first-order valence-corrected chi connectivity index (χ1v) is 7.46. The maximum atomic E-state index is 5.38. The molecule has 0 aliphatic carbocycles. The molecule has 112 valence electrons. The fraction of sp³-hybridized carbons (Fsp3) is 0.389. The number of aromatic nitrogens is 1. The van der Waals surface area contributed by atoms with Gasteiger partial charge in [0.25, 0.3) is 0 Å². The summed E-state index contributed by atoms with van der Waals surface area (Å²) in [7, 11) is 1.71. The zero-order chi connectivity index (χ0) is 15.2. The molecule has 2 aromatic rings. The fourth-order valence-corrected chi connectivity index (χ4v) is 2.46. The Morgan fingerprint density at radius 1 is 1.10 bits per heavy atom. The van der Waals surface area contributed by atoms with Gasteiger partial charge in [-0.25, -0.2) is 0 Å². The highest BCUT2D eigenvalue weighted by atomic mass is 16.5. The van der Waals surface area contributed by atoms with Crippen LogP contribution in [0.4, 0.5) is 0 Å². The molecule has 0 saturated carbocycles. The summed E-state index contributed by atoms with van der Waals surface area (Å²) in [6, 6.07) is 6.48. The van der Waals surface area contributed by atoms with Crippen LogP contribution >= 0.6 is 0 Å². The Morgan fingerprint density at radius 2 is 1.90 bits per heavy atom. The van der Waals surface area contributed by atoms with Crippen LogP contribution in [0, 0.1) is 13.8 Å². The first-order valence-electron chi connectivity index (χ1n) is 7.46. The minimum Gasteiger partial charge on any atom is -0.496 e. The molecule has 1 aromatic heterocycles. The van der Waals surface area contributed by atoms with Crippen LogP contribution in [0.1, 0.15) is 30.0 Å². The van der Waals surface area contributed by atoms with Crippen molar-refractivity contribution in [3.63, 3.8) is 0 Å². The average Bonchev–Trinajstić information content (AvgIpc) is 2.50. The molecule has 0 fully saturated rings. The SMILES string of the molecule is CCCNCc1cncc(-c2cc(C)c(OC)cc2C)c1. The summed E-state index contributed by atoms with van der Waals surface area (Å²) in [5.41, 5.74) is 5.95. The monoisotopic (exact) mass is 284 g/mol. The molecule has 0 amide bonds. The van der Waals surface area contributed by atoms with E-state index >= 15 is 0 Å². The van der Waals surface area contributed by atoms with Gasteiger partial charge in [-0.2, -0.15) is 0 Å². The van der Waals surface area contributed by atoms with E-state index in [1.54, 1.807) is 7.11 Å². The number of methoxy groups -OCH3 is 1. The first-order chi connectivity index (χ1) is 10.2. The van der Waals surface area contributed by atoms with Gasteiger partial charge in [-0.05, 0) is 67.3 Å². The van der Waals surface area contributed by atoms with Crippen LogP contribution < -0.4 is 10.1 Å². The van der Waals surface area contributed by atoms with E-state index in [2.05, 4.69) is 49.3 Å². The number of nitrogens with one attached hydrogen (secondary N) is 1. The number of hydrogen-bond donors (Lipinski definition) is 1. The number of nitrogens with zero attached hydrogens (tertiary/aromatic N) is 1. The molecule has 1 aromatic carbocycles. The third-order valence-corrected chi connectivity index (χ3v) is 3.60. The molecule has 0 atom stereocenters. The van der Waals surface area contributed by atoms with Crippen molar-refractivity contribution in [3.05, 3.63) is 47.3 Å². The third-order valence-electron chi connectivity index (χ3n) is 3.60. The van der Waals surface area contributed by atoms with Gasteiger partial charge in [-0.15, -0.1) is 0 Å². The topological polar surface area (TPSA) is 34.2 Å². The zero-order valence-electron chi connectivity index (χ0n) is 13.4. The summed E-state index contributed by atoms with van der Waals surface area (Å²) in [5.74, 6) is 0.935. The minimum absolute atomic E-state index is 0.864. The predicted molar refractivity (Wildman–Crippen MR) is 87.7 cm³/mol. The zero-order valence-corrected chi connectivity index (χ0v) is 13.4. The second-order valence-corrected chi connectivity index (χ2v) is 5.40. The van der Waals surface area contributed by atoms with E-state index in [0.717, 1.165) is 36.4 Å². The molecule has 0 radical (unpaired) electrons. The largest absolute Gasteiger partial charge is 0.496 e. The molecule has 0 bridgehead atoms. The molecule has 0 saturated heterocycles. The standard InChI is InChI=1S/C18H24N2O/c1-5-6-19-10-15-9-16(12-20-11-15)17-7-14(3)18(21-4)8-13(17)2/h7-9,11-12,19H,5-6,10H2,1-4H3. The summed E-state index contributed by atoms with van der Waals surface area (Å²) in [6.45, 7) is 8.25. The molecular weight excluding hydrogens is 260 g/mol. The fourth-order valence-electron chi connectivity index (χ4n) is 2.46. The Bertz CT molecular complexity index is 608. The highest BCUT2D eigenvalue weighted by molar-refractivity contribution is 5.69. The second kappa shape index (κ2) is 7.23. The lowest BCUT2D eigenvalue weighted by Crippen LogP contribution is -2.13. The number of rotatable bonds is 6. The van der Waals surface area contributed by atoms with E-state index < -0.39 is 0 Å². The van der Waals surface area contributed by atoms with Crippen molar-refractivity contribution in [3.8, 4) is 16.9 Å². The van der Waals surface area contributed by atoms with Crippen molar-refractivity contribution in [1.82, 2.24) is 10.3 Å². The minimum atomic E-state index is 0.864. The van der Waals surface area contributed by atoms with Gasteiger partial charge in [-0.3, -0.25) is 4.98 Å². The van der Waals surface area contributed by atoms with Crippen LogP contribution in [0.3, 0.4) is 0 Å². The Labute approximate surface area is 127 Å². The predicted octanol–water partition coefficient (Wildman–Crippen LogP) is 3.87. The molecule has 0 spiro atoms. The summed E-state index contributed by atoms with van der Waals surface area (Å²) >= 11 is 0. The average molecular weight is 284 g/mol. The number of pyridine rings is 1. The summed E-state index contributed by atoms with van der Waals surface area (Å²) < 4.78 is 5.38. The van der Waals surface area contributed by atoms with Crippen molar-refractivity contribution in [2.75, 3.05) is 13.7 Å². The Kier molecular flexibility index (Phi) is 5.34. The Balaban J connectivity index is 2.29. The molecule has 0 aliphatic heterocycles. The van der Waals surface area contributed by atoms with Gasteiger partial charge in [0.05, 0.1) is 7.11 Å². The molecule has 2 rings (SSSR count). The Morgan fingerprint density at radius 3 is 2.62 bits per heavy atom. The smallest absolute Gasteiger partial charge is 0.122 e. The number of hydrogen-bond acceptors (Lipinski definition) is 3. The van der Waals surface area contributed by atoms with E-state index in [4.69, 9.17) is 4.74 Å². The lowest BCUT2D eigenvalue weighted by molar-refractivity contribution is 0.411. The van der Waals surface area contributed by atoms with Crippen molar-refractivity contribution >= 4 is 0 Å². The molecule has 1 heterocycles. The van der Waals surface area contributed by atoms with Gasteiger partial charge in [0.2, 0.25) is 0 Å². The van der Waals surface area contributed by atoms with Crippen molar-refractivity contribution in [2.45, 2.75) is 33.7 Å². The van der Waals surface area contributed by atoms with E-state index in [-0.39, 0.29) is 0 Å². The lowest BCUT2D eigenvalue weighted by Gasteiger charge is -2.12. The van der Waals surface area contributed by atoms with Crippen molar-refractivity contribution in [2.24, 2.45) is 0 Å². The van der Waals surface area contributed by atoms with Crippen molar-refractivity contribution in [1.29, 1.82) is 0 Å². The van der Waals surface area contributed by atoms with Crippen molar-refractivity contribution < 1.29 is 4.74 Å².